The number of hydrogen-bond acceptors (Lipinski definition) is 4. The van der Waals surface area contributed by atoms with Crippen molar-refractivity contribution in [1.29, 1.82) is 0 Å². The second kappa shape index (κ2) is 5.36. The lowest BCUT2D eigenvalue weighted by Crippen LogP contribution is -2.59. The summed E-state index contributed by atoms with van der Waals surface area (Å²) in [6.07, 6.45) is 1.66. The summed E-state index contributed by atoms with van der Waals surface area (Å²) >= 11 is 0. The third-order valence-corrected chi connectivity index (χ3v) is 2.87. The van der Waals surface area contributed by atoms with E-state index < -0.39 is 0 Å². The topological polar surface area (TPSA) is 47.6 Å². The molecule has 0 aliphatic carbocycles. The SMILES string of the molecule is CCOCC(=O)OC1CC(C)(C)NC(C)(C)C1. The summed E-state index contributed by atoms with van der Waals surface area (Å²) in [5.41, 5.74) is -0.00335. The molecule has 100 valence electrons. The lowest BCUT2D eigenvalue weighted by molar-refractivity contribution is -0.158. The van der Waals surface area contributed by atoms with Crippen LogP contribution in [0.4, 0.5) is 0 Å². The molecule has 1 aliphatic heterocycles. The molecule has 0 bridgehead atoms. The largest absolute Gasteiger partial charge is 0.461 e. The van der Waals surface area contributed by atoms with Gasteiger partial charge in [0.2, 0.25) is 0 Å². The Kier molecular flexibility index (Phi) is 4.55. The Balaban J connectivity index is 2.51. The minimum atomic E-state index is -0.259. The first kappa shape index (κ1) is 14.5. The van der Waals surface area contributed by atoms with Crippen LogP contribution in [0.1, 0.15) is 47.5 Å². The average molecular weight is 243 g/mol. The lowest BCUT2D eigenvalue weighted by atomic mass is 9.81. The van der Waals surface area contributed by atoms with E-state index in [0.717, 1.165) is 12.8 Å². The van der Waals surface area contributed by atoms with Gasteiger partial charge in [-0.2, -0.15) is 0 Å². The van der Waals surface area contributed by atoms with Crippen LogP contribution in [0, 0.1) is 0 Å². The minimum absolute atomic E-state index is 0.00168. The fourth-order valence-corrected chi connectivity index (χ4v) is 2.72. The first-order chi connectivity index (χ1) is 7.74. The molecule has 1 saturated heterocycles. The van der Waals surface area contributed by atoms with Gasteiger partial charge < -0.3 is 14.8 Å². The van der Waals surface area contributed by atoms with Gasteiger partial charge in [0.15, 0.2) is 0 Å². The third kappa shape index (κ3) is 5.04. The predicted molar refractivity (Wildman–Crippen MR) is 66.9 cm³/mol. The molecule has 1 aliphatic rings. The van der Waals surface area contributed by atoms with Crippen molar-refractivity contribution in [1.82, 2.24) is 5.32 Å². The van der Waals surface area contributed by atoms with Gasteiger partial charge >= 0.3 is 5.97 Å². The number of piperidine rings is 1. The van der Waals surface area contributed by atoms with Crippen molar-refractivity contribution in [3.8, 4) is 0 Å². The van der Waals surface area contributed by atoms with Gasteiger partial charge in [-0.3, -0.25) is 0 Å². The fourth-order valence-electron chi connectivity index (χ4n) is 2.72. The second-order valence-corrected chi connectivity index (χ2v) is 6.05. The van der Waals surface area contributed by atoms with Crippen LogP contribution < -0.4 is 5.32 Å². The van der Waals surface area contributed by atoms with E-state index >= 15 is 0 Å². The Morgan fingerprint density at radius 3 is 2.24 bits per heavy atom. The Hall–Kier alpha value is -0.610. The molecule has 0 unspecified atom stereocenters. The summed E-state index contributed by atoms with van der Waals surface area (Å²) in [6, 6.07) is 0. The van der Waals surface area contributed by atoms with Crippen molar-refractivity contribution in [3.63, 3.8) is 0 Å². The molecule has 0 saturated carbocycles. The number of esters is 1. The monoisotopic (exact) mass is 243 g/mol. The first-order valence-electron chi connectivity index (χ1n) is 6.31. The molecule has 17 heavy (non-hydrogen) atoms. The van der Waals surface area contributed by atoms with Gasteiger partial charge in [0.1, 0.15) is 12.7 Å². The zero-order valence-corrected chi connectivity index (χ0v) is 11.6. The molecule has 0 spiro atoms. The molecule has 0 amide bonds. The zero-order chi connectivity index (χ0) is 13.1. The molecule has 0 aromatic carbocycles. The van der Waals surface area contributed by atoms with Gasteiger partial charge in [0, 0.05) is 30.5 Å². The summed E-state index contributed by atoms with van der Waals surface area (Å²) in [4.78, 5) is 11.5. The second-order valence-electron chi connectivity index (χ2n) is 6.05. The fraction of sp³-hybridized carbons (Fsp3) is 0.923. The Bertz CT molecular complexity index is 258. The standard InChI is InChI=1S/C13H25NO3/c1-6-16-9-11(15)17-10-7-12(2,3)14-13(4,5)8-10/h10,14H,6-9H2,1-5H3. The number of nitrogens with one attached hydrogen (secondary N) is 1. The number of hydrogen-bond donors (Lipinski definition) is 1. The van der Waals surface area contributed by atoms with Gasteiger partial charge in [-0.15, -0.1) is 0 Å². The van der Waals surface area contributed by atoms with Crippen LogP contribution in [0.3, 0.4) is 0 Å². The van der Waals surface area contributed by atoms with Crippen molar-refractivity contribution >= 4 is 5.97 Å². The Morgan fingerprint density at radius 1 is 1.24 bits per heavy atom. The van der Waals surface area contributed by atoms with Gasteiger partial charge in [-0.05, 0) is 34.6 Å². The molecule has 4 nitrogen and oxygen atoms in total. The smallest absolute Gasteiger partial charge is 0.332 e. The van der Waals surface area contributed by atoms with Crippen molar-refractivity contribution in [3.05, 3.63) is 0 Å². The molecule has 1 fully saturated rings. The van der Waals surface area contributed by atoms with Crippen LogP contribution >= 0.6 is 0 Å². The summed E-state index contributed by atoms with van der Waals surface area (Å²) in [5, 5.41) is 3.56. The van der Waals surface area contributed by atoms with Crippen LogP contribution in [0.15, 0.2) is 0 Å². The molecule has 1 rings (SSSR count). The van der Waals surface area contributed by atoms with E-state index in [0.29, 0.717) is 6.61 Å². The highest BCUT2D eigenvalue weighted by molar-refractivity contribution is 5.70. The van der Waals surface area contributed by atoms with Crippen LogP contribution in [-0.4, -0.2) is 36.4 Å². The van der Waals surface area contributed by atoms with E-state index in [1.54, 1.807) is 0 Å². The molecule has 0 radical (unpaired) electrons. The van der Waals surface area contributed by atoms with Crippen molar-refractivity contribution < 1.29 is 14.3 Å². The highest BCUT2D eigenvalue weighted by Crippen LogP contribution is 2.30. The number of ether oxygens (including phenoxy) is 2. The molecular formula is C13H25NO3. The Morgan fingerprint density at radius 2 is 1.76 bits per heavy atom. The zero-order valence-electron chi connectivity index (χ0n) is 11.6. The van der Waals surface area contributed by atoms with Crippen LogP contribution in [0.25, 0.3) is 0 Å². The van der Waals surface area contributed by atoms with E-state index in [-0.39, 0.29) is 29.8 Å². The Labute approximate surface area is 104 Å². The minimum Gasteiger partial charge on any atom is -0.461 e. The van der Waals surface area contributed by atoms with E-state index in [9.17, 15) is 4.79 Å². The van der Waals surface area contributed by atoms with Gasteiger partial charge in [0.05, 0.1) is 0 Å². The highest BCUT2D eigenvalue weighted by Gasteiger charge is 2.39. The number of carbonyl (C=O) groups excluding carboxylic acids is 1. The van der Waals surface area contributed by atoms with Gasteiger partial charge in [-0.25, -0.2) is 4.79 Å². The van der Waals surface area contributed by atoms with Crippen molar-refractivity contribution in [2.75, 3.05) is 13.2 Å². The maximum Gasteiger partial charge on any atom is 0.332 e. The summed E-state index contributed by atoms with van der Waals surface area (Å²) in [5.74, 6) is -0.259. The van der Waals surface area contributed by atoms with Crippen molar-refractivity contribution in [2.45, 2.75) is 64.6 Å². The molecule has 1 N–H and O–H groups in total. The average Bonchev–Trinajstić information content (AvgIpc) is 2.09. The molecule has 0 aromatic rings. The summed E-state index contributed by atoms with van der Waals surface area (Å²) in [6.45, 7) is 11.0. The highest BCUT2D eigenvalue weighted by atomic mass is 16.6. The van der Waals surface area contributed by atoms with E-state index in [4.69, 9.17) is 9.47 Å². The van der Waals surface area contributed by atoms with Crippen LogP contribution in [0.5, 0.6) is 0 Å². The van der Waals surface area contributed by atoms with Gasteiger partial charge in [-0.1, -0.05) is 0 Å². The predicted octanol–water partition coefficient (Wildman–Crippen LogP) is 1.88. The van der Waals surface area contributed by atoms with E-state index in [1.807, 2.05) is 6.92 Å². The maximum atomic E-state index is 11.5. The lowest BCUT2D eigenvalue weighted by Gasteiger charge is -2.45. The molecule has 0 aromatic heterocycles. The van der Waals surface area contributed by atoms with Crippen molar-refractivity contribution in [2.24, 2.45) is 0 Å². The normalized spacial score (nSPS) is 23.4. The summed E-state index contributed by atoms with van der Waals surface area (Å²) < 4.78 is 10.5. The molecular weight excluding hydrogens is 218 g/mol. The van der Waals surface area contributed by atoms with E-state index in [2.05, 4.69) is 33.0 Å². The van der Waals surface area contributed by atoms with E-state index in [1.165, 1.54) is 0 Å². The third-order valence-electron chi connectivity index (χ3n) is 2.87. The quantitative estimate of drug-likeness (QED) is 0.766. The first-order valence-corrected chi connectivity index (χ1v) is 6.31. The molecule has 0 atom stereocenters. The maximum absolute atomic E-state index is 11.5. The molecule has 4 heteroatoms. The van der Waals surface area contributed by atoms with Crippen LogP contribution in [-0.2, 0) is 14.3 Å². The number of carbonyl (C=O) groups is 1. The number of rotatable bonds is 4. The summed E-state index contributed by atoms with van der Waals surface area (Å²) in [7, 11) is 0. The van der Waals surface area contributed by atoms with Crippen LogP contribution in [0.2, 0.25) is 0 Å². The molecule has 1 heterocycles. The van der Waals surface area contributed by atoms with Gasteiger partial charge in [0.25, 0.3) is 0 Å².